The number of anilines is 1. The molecule has 0 fully saturated rings. The van der Waals surface area contributed by atoms with E-state index in [1.165, 1.54) is 0 Å². The molecule has 1 N–H and O–H groups in total. The molecule has 0 aliphatic rings. The minimum atomic E-state index is 0.0615. The molecule has 3 nitrogen and oxygen atoms in total. The number of benzene rings is 2. The summed E-state index contributed by atoms with van der Waals surface area (Å²) in [5.74, 6) is 0.821. The summed E-state index contributed by atoms with van der Waals surface area (Å²) in [5.41, 5.74) is 2.42. The molecular weight excluding hydrogens is 272 g/mol. The molecule has 0 spiro atoms. The molecule has 0 aliphatic carbocycles. The van der Waals surface area contributed by atoms with Crippen LogP contribution in [0, 0.1) is 11.3 Å². The van der Waals surface area contributed by atoms with Crippen LogP contribution in [0.3, 0.4) is 0 Å². The van der Waals surface area contributed by atoms with Crippen LogP contribution in [0.2, 0.25) is 5.02 Å². The summed E-state index contributed by atoms with van der Waals surface area (Å²) in [6.45, 7) is 2.03. The molecule has 0 amide bonds. The molecule has 2 rings (SSSR count). The first-order valence-electron chi connectivity index (χ1n) is 6.24. The van der Waals surface area contributed by atoms with Gasteiger partial charge >= 0.3 is 0 Å². The first kappa shape index (κ1) is 14.2. The zero-order chi connectivity index (χ0) is 14.5. The summed E-state index contributed by atoms with van der Waals surface area (Å²) in [6.07, 6.45) is 0. The number of hydrogen-bond donors (Lipinski definition) is 1. The minimum Gasteiger partial charge on any atom is -0.497 e. The third kappa shape index (κ3) is 3.23. The second kappa shape index (κ2) is 6.31. The minimum absolute atomic E-state index is 0.0615. The summed E-state index contributed by atoms with van der Waals surface area (Å²) >= 11 is 5.98. The summed E-state index contributed by atoms with van der Waals surface area (Å²) in [7, 11) is 1.64. The van der Waals surface area contributed by atoms with Crippen molar-refractivity contribution in [1.82, 2.24) is 0 Å². The SMILES string of the molecule is COc1ccc(C(C)Nc2cc(Cl)ccc2C#N)cc1. The molecule has 0 saturated heterocycles. The van der Waals surface area contributed by atoms with Crippen LogP contribution >= 0.6 is 11.6 Å². The van der Waals surface area contributed by atoms with Gasteiger partial charge in [0.1, 0.15) is 11.8 Å². The van der Waals surface area contributed by atoms with Crippen LogP contribution in [0.1, 0.15) is 24.1 Å². The lowest BCUT2D eigenvalue weighted by molar-refractivity contribution is 0.414. The largest absolute Gasteiger partial charge is 0.497 e. The predicted molar refractivity (Wildman–Crippen MR) is 81.2 cm³/mol. The third-order valence-electron chi connectivity index (χ3n) is 3.09. The van der Waals surface area contributed by atoms with Gasteiger partial charge in [-0.05, 0) is 42.8 Å². The lowest BCUT2D eigenvalue weighted by atomic mass is 10.1. The summed E-state index contributed by atoms with van der Waals surface area (Å²) in [4.78, 5) is 0. The topological polar surface area (TPSA) is 45.0 Å². The van der Waals surface area contributed by atoms with Gasteiger partial charge < -0.3 is 10.1 Å². The van der Waals surface area contributed by atoms with E-state index in [1.54, 1.807) is 25.3 Å². The van der Waals surface area contributed by atoms with Crippen molar-refractivity contribution in [2.45, 2.75) is 13.0 Å². The van der Waals surface area contributed by atoms with Crippen LogP contribution in [0.4, 0.5) is 5.69 Å². The second-order valence-electron chi connectivity index (χ2n) is 4.44. The van der Waals surface area contributed by atoms with Gasteiger partial charge in [0.2, 0.25) is 0 Å². The Labute approximate surface area is 123 Å². The lowest BCUT2D eigenvalue weighted by Crippen LogP contribution is -2.07. The van der Waals surface area contributed by atoms with Crippen LogP contribution in [0.5, 0.6) is 5.75 Å². The Kier molecular flexibility index (Phi) is 4.49. The van der Waals surface area contributed by atoms with Crippen molar-refractivity contribution in [3.63, 3.8) is 0 Å². The predicted octanol–water partition coefficient (Wildman–Crippen LogP) is 4.39. The van der Waals surface area contributed by atoms with Gasteiger partial charge in [-0.1, -0.05) is 23.7 Å². The van der Waals surface area contributed by atoms with E-state index >= 15 is 0 Å². The summed E-state index contributed by atoms with van der Waals surface area (Å²) in [5, 5.41) is 13.0. The van der Waals surface area contributed by atoms with E-state index in [4.69, 9.17) is 21.6 Å². The Balaban J connectivity index is 2.20. The van der Waals surface area contributed by atoms with Crippen molar-refractivity contribution in [2.24, 2.45) is 0 Å². The number of rotatable bonds is 4. The van der Waals surface area contributed by atoms with Crippen LogP contribution in [-0.4, -0.2) is 7.11 Å². The molecule has 1 atom stereocenters. The number of nitrogens with one attached hydrogen (secondary N) is 1. The van der Waals surface area contributed by atoms with Gasteiger partial charge in [0.05, 0.1) is 18.4 Å². The average Bonchev–Trinajstić information content (AvgIpc) is 2.47. The van der Waals surface area contributed by atoms with E-state index in [0.717, 1.165) is 17.0 Å². The van der Waals surface area contributed by atoms with Gasteiger partial charge in [0.25, 0.3) is 0 Å². The van der Waals surface area contributed by atoms with Crippen molar-refractivity contribution in [3.8, 4) is 11.8 Å². The van der Waals surface area contributed by atoms with Crippen molar-refractivity contribution in [2.75, 3.05) is 12.4 Å². The van der Waals surface area contributed by atoms with Crippen molar-refractivity contribution < 1.29 is 4.74 Å². The smallest absolute Gasteiger partial charge is 0.118 e. The Bertz CT molecular complexity index is 632. The number of hydrogen-bond acceptors (Lipinski definition) is 3. The maximum atomic E-state index is 9.11. The zero-order valence-corrected chi connectivity index (χ0v) is 12.1. The van der Waals surface area contributed by atoms with Crippen LogP contribution < -0.4 is 10.1 Å². The molecule has 1 unspecified atom stereocenters. The molecular formula is C16H15ClN2O. The number of methoxy groups -OCH3 is 1. The molecule has 4 heteroatoms. The molecule has 0 aliphatic heterocycles. The monoisotopic (exact) mass is 286 g/mol. The second-order valence-corrected chi connectivity index (χ2v) is 4.88. The normalized spacial score (nSPS) is 11.5. The molecule has 0 bridgehead atoms. The van der Waals surface area contributed by atoms with Crippen LogP contribution in [-0.2, 0) is 0 Å². The van der Waals surface area contributed by atoms with E-state index in [-0.39, 0.29) is 6.04 Å². The van der Waals surface area contributed by atoms with E-state index in [0.29, 0.717) is 10.6 Å². The highest BCUT2D eigenvalue weighted by molar-refractivity contribution is 6.30. The van der Waals surface area contributed by atoms with Gasteiger partial charge in [-0.3, -0.25) is 0 Å². The number of ether oxygens (including phenoxy) is 1. The summed E-state index contributed by atoms with van der Waals surface area (Å²) < 4.78 is 5.14. The first-order chi connectivity index (χ1) is 9.63. The standard InChI is InChI=1S/C16H15ClN2O/c1-11(12-4-7-15(20-2)8-5-12)19-16-9-14(17)6-3-13(16)10-18/h3-9,11,19H,1-2H3. The highest BCUT2D eigenvalue weighted by Gasteiger charge is 2.09. The highest BCUT2D eigenvalue weighted by Crippen LogP contribution is 2.26. The molecule has 0 heterocycles. The number of nitrogens with zero attached hydrogens (tertiary/aromatic N) is 1. The van der Waals surface area contributed by atoms with Crippen LogP contribution in [0.25, 0.3) is 0 Å². The fraction of sp³-hybridized carbons (Fsp3) is 0.188. The number of halogens is 1. The lowest BCUT2D eigenvalue weighted by Gasteiger charge is -2.17. The maximum Gasteiger partial charge on any atom is 0.118 e. The maximum absolute atomic E-state index is 9.11. The fourth-order valence-corrected chi connectivity index (χ4v) is 2.11. The van der Waals surface area contributed by atoms with Gasteiger partial charge in [-0.15, -0.1) is 0 Å². The molecule has 0 radical (unpaired) electrons. The zero-order valence-electron chi connectivity index (χ0n) is 11.4. The molecule has 2 aromatic carbocycles. The van der Waals surface area contributed by atoms with Crippen molar-refractivity contribution in [1.29, 1.82) is 5.26 Å². The molecule has 20 heavy (non-hydrogen) atoms. The van der Waals surface area contributed by atoms with Gasteiger partial charge in [-0.2, -0.15) is 5.26 Å². The van der Waals surface area contributed by atoms with Gasteiger partial charge in [0.15, 0.2) is 0 Å². The fourth-order valence-electron chi connectivity index (χ4n) is 1.94. The van der Waals surface area contributed by atoms with E-state index in [2.05, 4.69) is 11.4 Å². The number of nitriles is 1. The Morgan fingerprint density at radius 1 is 1.20 bits per heavy atom. The van der Waals surface area contributed by atoms with E-state index in [1.807, 2.05) is 31.2 Å². The Morgan fingerprint density at radius 2 is 1.90 bits per heavy atom. The van der Waals surface area contributed by atoms with Crippen molar-refractivity contribution >= 4 is 17.3 Å². The highest BCUT2D eigenvalue weighted by atomic mass is 35.5. The molecule has 0 aromatic heterocycles. The Hall–Kier alpha value is -2.18. The average molecular weight is 287 g/mol. The third-order valence-corrected chi connectivity index (χ3v) is 3.32. The van der Waals surface area contributed by atoms with E-state index < -0.39 is 0 Å². The van der Waals surface area contributed by atoms with Gasteiger partial charge in [-0.25, -0.2) is 0 Å². The molecule has 2 aromatic rings. The summed E-state index contributed by atoms with van der Waals surface area (Å²) in [6, 6.07) is 15.2. The Morgan fingerprint density at radius 3 is 2.50 bits per heavy atom. The quantitative estimate of drug-likeness (QED) is 0.906. The van der Waals surface area contributed by atoms with E-state index in [9.17, 15) is 0 Å². The van der Waals surface area contributed by atoms with Crippen LogP contribution in [0.15, 0.2) is 42.5 Å². The molecule has 0 saturated carbocycles. The molecule has 102 valence electrons. The van der Waals surface area contributed by atoms with Crippen molar-refractivity contribution in [3.05, 3.63) is 58.6 Å². The first-order valence-corrected chi connectivity index (χ1v) is 6.62. The van der Waals surface area contributed by atoms with Gasteiger partial charge in [0, 0.05) is 11.1 Å².